The van der Waals surface area contributed by atoms with E-state index in [9.17, 15) is 53.1 Å². The SMILES string of the molecule is CC(O)Oc1cc2c(c3ccccc13)C(CCl)CN2C(=O)c1ccc(C(=O)N2CC(CCl)c3c2cc(OC(=O)N(C)CCN(C)C(=O)OCc2ccc(NC(=O)C(CCCNC(N)=O)NC(=O)C(NC(=O)CCCCCN4C(=O)C=CC4=O)C(C)C)cc2)c2ccccc32)s1. The number of alkyl halides is 2. The largest absolute Gasteiger partial charge is 0.465 e. The van der Waals surface area contributed by atoms with Crippen molar-refractivity contribution in [1.29, 1.82) is 0 Å². The molecule has 4 heterocycles. The molecule has 3 aliphatic heterocycles. The van der Waals surface area contributed by atoms with Crippen molar-refractivity contribution in [3.63, 3.8) is 0 Å². The Labute approximate surface area is 562 Å². The number of carbonyl (C=O) groups excluding carboxylic acids is 10. The van der Waals surface area contributed by atoms with Crippen LogP contribution >= 0.6 is 34.5 Å². The monoisotopic (exact) mass is 1360 g/mol. The lowest BCUT2D eigenvalue weighted by Crippen LogP contribution is -2.54. The van der Waals surface area contributed by atoms with E-state index in [1.54, 1.807) is 72.2 Å². The van der Waals surface area contributed by atoms with Gasteiger partial charge in [-0.2, -0.15) is 0 Å². The number of aliphatic hydroxyl groups is 1. The predicted octanol–water partition coefficient (Wildman–Crippen LogP) is 8.93. The van der Waals surface area contributed by atoms with Crippen LogP contribution in [0, 0.1) is 5.92 Å². The summed E-state index contributed by atoms with van der Waals surface area (Å²) in [7, 11) is 3.03. The van der Waals surface area contributed by atoms with Gasteiger partial charge in [-0.3, -0.25) is 38.5 Å². The maximum absolute atomic E-state index is 14.7. The van der Waals surface area contributed by atoms with Crippen molar-refractivity contribution in [2.75, 3.05) is 80.2 Å². The van der Waals surface area contributed by atoms with Crippen LogP contribution in [0.4, 0.5) is 31.4 Å². The lowest BCUT2D eigenvalue weighted by Gasteiger charge is -2.25. The molecule has 11 amide bonds. The predicted molar refractivity (Wildman–Crippen MR) is 361 cm³/mol. The van der Waals surface area contributed by atoms with E-state index >= 15 is 0 Å². The second-order valence-electron chi connectivity index (χ2n) is 23.8. The number of hydrogen-bond acceptors (Lipinski definition) is 15. The number of ether oxygens (including phenoxy) is 3. The van der Waals surface area contributed by atoms with Crippen molar-refractivity contribution in [2.45, 2.75) is 96.1 Å². The first-order valence-corrected chi connectivity index (χ1v) is 33.1. The van der Waals surface area contributed by atoms with E-state index < -0.39 is 48.4 Å². The summed E-state index contributed by atoms with van der Waals surface area (Å²) in [6.45, 7) is 5.82. The Morgan fingerprint density at radius 1 is 0.684 bits per heavy atom. The van der Waals surface area contributed by atoms with Crippen LogP contribution in [0.5, 0.6) is 11.5 Å². The number of fused-ring (bicyclic) bond motifs is 6. The van der Waals surface area contributed by atoms with E-state index in [0.29, 0.717) is 69.3 Å². The molecule has 0 saturated carbocycles. The lowest BCUT2D eigenvalue weighted by molar-refractivity contribution is -0.137. The normalized spacial score (nSPS) is 15.7. The highest BCUT2D eigenvalue weighted by molar-refractivity contribution is 7.16. The number of unbranched alkanes of at least 4 members (excludes halogenated alkanes) is 2. The average Bonchev–Trinajstić information content (AvgIpc) is 1.63. The number of primary amides is 1. The molecular weight excluding hydrogens is 1280 g/mol. The molecule has 0 radical (unpaired) electrons. The Morgan fingerprint density at radius 3 is 1.78 bits per heavy atom. The highest BCUT2D eigenvalue weighted by Crippen LogP contribution is 2.48. The molecule has 0 bridgehead atoms. The number of thiophene rings is 1. The van der Waals surface area contributed by atoms with Crippen LogP contribution in [0.2, 0.25) is 0 Å². The molecule has 5 aromatic carbocycles. The molecular formula is C68H76Cl2N10O14S. The number of halogens is 2. The molecule has 1 aromatic heterocycles. The van der Waals surface area contributed by atoms with E-state index in [2.05, 4.69) is 21.3 Å². The molecule has 24 nitrogen and oxygen atoms in total. The lowest BCUT2D eigenvalue weighted by atomic mass is 9.95. The zero-order valence-electron chi connectivity index (χ0n) is 53.2. The van der Waals surface area contributed by atoms with Gasteiger partial charge in [0.2, 0.25) is 17.7 Å². The molecule has 5 atom stereocenters. The van der Waals surface area contributed by atoms with Crippen molar-refractivity contribution >= 4 is 133 Å². The Hall–Kier alpha value is -9.30. The van der Waals surface area contributed by atoms with Gasteiger partial charge < -0.3 is 65.9 Å². The molecule has 0 spiro atoms. The van der Waals surface area contributed by atoms with Gasteiger partial charge in [0.15, 0.2) is 6.29 Å². The van der Waals surface area contributed by atoms with Crippen molar-refractivity contribution in [3.8, 4) is 11.5 Å². The third-order valence-electron chi connectivity index (χ3n) is 16.7. The van der Waals surface area contributed by atoms with E-state index in [0.717, 1.165) is 43.5 Å². The average molecular weight is 1360 g/mol. The quantitative estimate of drug-likeness (QED) is 0.0116. The van der Waals surface area contributed by atoms with Crippen LogP contribution in [0.15, 0.2) is 109 Å². The zero-order valence-corrected chi connectivity index (χ0v) is 55.5. The van der Waals surface area contributed by atoms with E-state index in [1.165, 1.54) is 43.0 Å². The van der Waals surface area contributed by atoms with Gasteiger partial charge in [-0.15, -0.1) is 34.5 Å². The number of urea groups is 1. The summed E-state index contributed by atoms with van der Waals surface area (Å²) in [5, 5.41) is 24.0. The van der Waals surface area contributed by atoms with Gasteiger partial charge in [-0.05, 0) is 90.3 Å². The Kier molecular flexibility index (Phi) is 23.4. The first-order valence-electron chi connectivity index (χ1n) is 31.2. The number of nitrogens with zero attached hydrogens (tertiary/aromatic N) is 5. The molecule has 95 heavy (non-hydrogen) atoms. The van der Waals surface area contributed by atoms with Gasteiger partial charge in [-0.1, -0.05) is 80.9 Å². The third kappa shape index (κ3) is 16.8. The minimum atomic E-state index is -1.11. The number of anilines is 3. The second-order valence-corrected chi connectivity index (χ2v) is 25.5. The molecule has 9 rings (SSSR count). The van der Waals surface area contributed by atoms with Crippen molar-refractivity contribution in [3.05, 3.63) is 136 Å². The number of benzene rings is 5. The molecule has 0 aliphatic carbocycles. The Morgan fingerprint density at radius 2 is 1.23 bits per heavy atom. The number of carbonyl (C=O) groups is 10. The van der Waals surface area contributed by atoms with Crippen molar-refractivity contribution in [1.82, 2.24) is 30.7 Å². The van der Waals surface area contributed by atoms with Crippen LogP contribution in [-0.4, -0.2) is 163 Å². The molecule has 3 aliphatic rings. The highest BCUT2D eigenvalue weighted by Gasteiger charge is 2.39. The topological polar surface area (TPSA) is 309 Å². The van der Waals surface area contributed by atoms with Crippen LogP contribution in [0.25, 0.3) is 21.5 Å². The number of rotatable bonds is 28. The molecule has 6 aromatic rings. The fraction of sp³-hybridized carbons (Fsp3) is 0.382. The fourth-order valence-corrected chi connectivity index (χ4v) is 13.1. The zero-order chi connectivity index (χ0) is 68.2. The summed E-state index contributed by atoms with van der Waals surface area (Å²) in [4.78, 5) is 139. The van der Waals surface area contributed by atoms with Gasteiger partial charge in [0.1, 0.15) is 30.2 Å². The standard InChI is InChI=1S/C68H76Cl2N10O14S/c1-39(2)61(75-56(82)19-7-6-12-29-78-57(83)26-27-58(78)84)63(86)74-49(18-13-28-72-66(71)89)62(85)73-44-22-20-41(21-23-44)38-92-67(90)76(4)30-31-77(5)68(91)94-53-33-51-60(48-17-11-9-15-46(48)53)43(35-70)37-80(51)65(88)55-25-24-54(95-55)64(87)79-36-42(34-69)59-47-16-10-8-14-45(47)52(32-50(59)79)93-40(3)81/h8-11,14-17,20-27,32-33,39-40,42-43,49,61,81H,6-7,12-13,18-19,28-31,34-38H2,1-5H3,(H,73,85)(H,74,86)(H,75,82)(H3,71,72,89). The van der Waals surface area contributed by atoms with E-state index in [-0.39, 0.29) is 123 Å². The van der Waals surface area contributed by atoms with Crippen molar-refractivity contribution < 1.29 is 67.3 Å². The van der Waals surface area contributed by atoms with Gasteiger partial charge in [0.05, 0.1) is 21.1 Å². The summed E-state index contributed by atoms with van der Waals surface area (Å²) < 4.78 is 17.5. The van der Waals surface area contributed by atoms with Crippen LogP contribution in [0.1, 0.15) is 107 Å². The van der Waals surface area contributed by atoms with Crippen molar-refractivity contribution in [2.24, 2.45) is 11.7 Å². The number of likely N-dealkylation sites (N-methyl/N-ethyl adjacent to an activating group) is 2. The summed E-state index contributed by atoms with van der Waals surface area (Å²) in [5.41, 5.74) is 8.97. The number of nitrogens with one attached hydrogen (secondary N) is 4. The maximum Gasteiger partial charge on any atom is 0.415 e. The maximum atomic E-state index is 14.7. The van der Waals surface area contributed by atoms with Crippen LogP contribution < -0.4 is 46.3 Å². The minimum Gasteiger partial charge on any atom is -0.465 e. The summed E-state index contributed by atoms with van der Waals surface area (Å²) in [6.07, 6.45) is 1.87. The van der Waals surface area contributed by atoms with Crippen LogP contribution in [0.3, 0.4) is 0 Å². The number of imide groups is 1. The van der Waals surface area contributed by atoms with Crippen LogP contribution in [-0.2, 0) is 35.3 Å². The molecule has 0 fully saturated rings. The van der Waals surface area contributed by atoms with Gasteiger partial charge in [-0.25, -0.2) is 14.4 Å². The fourth-order valence-electron chi connectivity index (χ4n) is 11.7. The molecule has 0 saturated heterocycles. The Balaban J connectivity index is 0.775. The van der Waals surface area contributed by atoms with Gasteiger partial charge in [0.25, 0.3) is 23.6 Å². The number of aliphatic hydroxyl groups excluding tert-OH is 1. The minimum absolute atomic E-state index is 0.0353. The van der Waals surface area contributed by atoms with Gasteiger partial charge in [0, 0.05) is 124 Å². The molecule has 5 unspecified atom stereocenters. The summed E-state index contributed by atoms with van der Waals surface area (Å²) in [6, 6.07) is 25.2. The number of nitrogens with two attached hydrogens (primary N) is 1. The summed E-state index contributed by atoms with van der Waals surface area (Å²) >= 11 is 14.2. The Bertz CT molecular complexity index is 3920. The van der Waals surface area contributed by atoms with E-state index in [1.807, 2.05) is 48.5 Å². The molecule has 502 valence electrons. The second kappa shape index (κ2) is 31.8. The highest BCUT2D eigenvalue weighted by atomic mass is 35.5. The van der Waals surface area contributed by atoms with Gasteiger partial charge >= 0.3 is 18.2 Å². The summed E-state index contributed by atoms with van der Waals surface area (Å²) in [5.74, 6) is -2.81. The smallest absolute Gasteiger partial charge is 0.415 e. The van der Waals surface area contributed by atoms with E-state index in [4.69, 9.17) is 43.1 Å². The molecule has 7 N–H and O–H groups in total. The third-order valence-corrected chi connectivity index (χ3v) is 18.5. The first-order chi connectivity index (χ1) is 45.5. The first kappa shape index (κ1) is 70.0. The number of amides is 11. The number of hydrogen-bond donors (Lipinski definition) is 6. The molecule has 27 heteroatoms.